The first-order chi connectivity index (χ1) is 13.2. The van der Waals surface area contributed by atoms with Crippen LogP contribution in [0.4, 0.5) is 17.1 Å². The van der Waals surface area contributed by atoms with Crippen molar-refractivity contribution in [1.29, 1.82) is 0 Å². The number of nitrogens with zero attached hydrogens (tertiary/aromatic N) is 2. The third-order valence-electron chi connectivity index (χ3n) is 4.88. The highest BCUT2D eigenvalue weighted by Gasteiger charge is 2.42. The lowest BCUT2D eigenvalue weighted by atomic mass is 10.1. The standard InChI is InChI=1S/C25H19N2/c1-3-11-21-14-10-17-23-25(21)26-24(19-18-20-12-6-4-7-13-20)27(23,2)22-15-8-5-9-16-22/h1,4-10,12-17H,11H2,2H3/q+1. The van der Waals surface area contributed by atoms with Crippen molar-refractivity contribution in [2.45, 2.75) is 6.42 Å². The minimum absolute atomic E-state index is 0.439. The van der Waals surface area contributed by atoms with Gasteiger partial charge in [-0.05, 0) is 17.7 Å². The van der Waals surface area contributed by atoms with Crippen LogP contribution in [0.3, 0.4) is 0 Å². The fourth-order valence-corrected chi connectivity index (χ4v) is 3.42. The average Bonchev–Trinajstić information content (AvgIpc) is 3.02. The summed E-state index contributed by atoms with van der Waals surface area (Å²) in [7, 11) is 2.14. The summed E-state index contributed by atoms with van der Waals surface area (Å²) in [5.74, 6) is 10.1. The molecule has 128 valence electrons. The molecule has 0 spiro atoms. The Morgan fingerprint density at radius 3 is 2.26 bits per heavy atom. The molecule has 0 radical (unpaired) electrons. The Kier molecular flexibility index (Phi) is 4.35. The van der Waals surface area contributed by atoms with Gasteiger partial charge in [-0.25, -0.2) is 4.48 Å². The quantitative estimate of drug-likeness (QED) is 0.445. The molecular formula is C25H19N2+. The zero-order chi connectivity index (χ0) is 18.7. The van der Waals surface area contributed by atoms with E-state index in [0.717, 1.165) is 34.0 Å². The van der Waals surface area contributed by atoms with Crippen LogP contribution in [0.15, 0.2) is 83.9 Å². The molecule has 0 saturated carbocycles. The second-order valence-electron chi connectivity index (χ2n) is 6.56. The summed E-state index contributed by atoms with van der Waals surface area (Å²) in [5, 5.41) is 0. The third-order valence-corrected chi connectivity index (χ3v) is 4.88. The molecule has 3 aromatic rings. The topological polar surface area (TPSA) is 12.4 Å². The number of amidine groups is 1. The van der Waals surface area contributed by atoms with Gasteiger partial charge in [0, 0.05) is 36.1 Å². The maximum Gasteiger partial charge on any atom is 0.292 e. The Hall–Kier alpha value is -3.59. The number of rotatable bonds is 2. The molecule has 0 amide bonds. The van der Waals surface area contributed by atoms with Crippen molar-refractivity contribution in [3.63, 3.8) is 0 Å². The van der Waals surface area contributed by atoms with E-state index in [4.69, 9.17) is 11.4 Å². The fraction of sp³-hybridized carbons (Fsp3) is 0.0800. The van der Waals surface area contributed by atoms with E-state index < -0.39 is 0 Å². The van der Waals surface area contributed by atoms with E-state index in [9.17, 15) is 0 Å². The van der Waals surface area contributed by atoms with Gasteiger partial charge in [0.2, 0.25) is 0 Å². The first-order valence-corrected chi connectivity index (χ1v) is 8.88. The monoisotopic (exact) mass is 347 g/mol. The highest BCUT2D eigenvalue weighted by molar-refractivity contribution is 6.16. The lowest BCUT2D eigenvalue weighted by Gasteiger charge is -2.28. The molecule has 0 aliphatic carbocycles. The predicted molar refractivity (Wildman–Crippen MR) is 113 cm³/mol. The second-order valence-corrected chi connectivity index (χ2v) is 6.56. The van der Waals surface area contributed by atoms with Crippen LogP contribution in [-0.4, -0.2) is 12.9 Å². The molecule has 1 aliphatic heterocycles. The van der Waals surface area contributed by atoms with Gasteiger partial charge in [-0.2, -0.15) is 4.99 Å². The van der Waals surface area contributed by atoms with Crippen LogP contribution < -0.4 is 4.48 Å². The molecule has 27 heavy (non-hydrogen) atoms. The van der Waals surface area contributed by atoms with Crippen LogP contribution in [0.1, 0.15) is 11.1 Å². The summed E-state index contributed by atoms with van der Waals surface area (Å²) in [4.78, 5) is 4.93. The molecular weight excluding hydrogens is 328 g/mol. The van der Waals surface area contributed by atoms with Gasteiger partial charge in [0.1, 0.15) is 11.4 Å². The van der Waals surface area contributed by atoms with Gasteiger partial charge in [-0.3, -0.25) is 0 Å². The third kappa shape index (κ3) is 2.93. The van der Waals surface area contributed by atoms with E-state index in [-0.39, 0.29) is 0 Å². The maximum atomic E-state index is 5.57. The smallest absolute Gasteiger partial charge is 0.203 e. The number of para-hydroxylation sites is 2. The molecule has 1 heterocycles. The van der Waals surface area contributed by atoms with E-state index in [1.54, 1.807) is 0 Å². The molecule has 0 saturated heterocycles. The lowest BCUT2D eigenvalue weighted by Crippen LogP contribution is -2.42. The Balaban J connectivity index is 1.90. The maximum absolute atomic E-state index is 5.57. The molecule has 1 aliphatic rings. The normalized spacial score (nSPS) is 17.3. The van der Waals surface area contributed by atoms with Gasteiger partial charge in [-0.15, -0.1) is 12.3 Å². The molecule has 0 fully saturated rings. The zero-order valence-corrected chi connectivity index (χ0v) is 15.2. The minimum Gasteiger partial charge on any atom is -0.203 e. The predicted octanol–water partition coefficient (Wildman–Crippen LogP) is 5.23. The summed E-state index contributed by atoms with van der Waals surface area (Å²) in [6.07, 6.45) is 6.13. The van der Waals surface area contributed by atoms with E-state index in [1.807, 2.05) is 60.7 Å². The number of aliphatic imine (C=N–C) groups is 1. The number of fused-ring (bicyclic) bond motifs is 1. The van der Waals surface area contributed by atoms with E-state index >= 15 is 0 Å². The molecule has 2 nitrogen and oxygen atoms in total. The molecule has 0 aromatic heterocycles. The van der Waals surface area contributed by atoms with Gasteiger partial charge < -0.3 is 0 Å². The summed E-state index contributed by atoms with van der Waals surface area (Å²) < 4.78 is 0.439. The van der Waals surface area contributed by atoms with Crippen LogP contribution in [0.5, 0.6) is 0 Å². The number of terminal acetylenes is 1. The number of hydrogen-bond acceptors (Lipinski definition) is 1. The van der Waals surface area contributed by atoms with Crippen molar-refractivity contribution in [3.05, 3.63) is 90.0 Å². The molecule has 1 atom stereocenters. The highest BCUT2D eigenvalue weighted by atomic mass is 15.4. The molecule has 0 bridgehead atoms. The van der Waals surface area contributed by atoms with Gasteiger partial charge in [0.25, 0.3) is 5.84 Å². The highest BCUT2D eigenvalue weighted by Crippen LogP contribution is 2.46. The Bertz CT molecular complexity index is 1110. The van der Waals surface area contributed by atoms with Gasteiger partial charge in [0.05, 0.1) is 7.05 Å². The summed E-state index contributed by atoms with van der Waals surface area (Å²) >= 11 is 0. The SMILES string of the molecule is C#CCc1cccc2c1N=C(C#Cc1ccccc1)[N+]2(C)c1ccccc1. The van der Waals surface area contributed by atoms with Crippen LogP contribution in [-0.2, 0) is 6.42 Å². The molecule has 1 unspecified atom stereocenters. The van der Waals surface area contributed by atoms with Crippen LogP contribution in [0, 0.1) is 24.2 Å². The van der Waals surface area contributed by atoms with Crippen molar-refractivity contribution in [2.75, 3.05) is 7.05 Å². The molecule has 4 rings (SSSR count). The molecule has 0 N–H and O–H groups in total. The van der Waals surface area contributed by atoms with Crippen LogP contribution in [0.2, 0.25) is 0 Å². The van der Waals surface area contributed by atoms with Crippen LogP contribution in [0.25, 0.3) is 0 Å². The van der Waals surface area contributed by atoms with E-state index in [2.05, 4.69) is 43.0 Å². The number of quaternary nitrogens is 1. The summed E-state index contributed by atoms with van der Waals surface area (Å²) in [5.41, 5.74) is 5.20. The van der Waals surface area contributed by atoms with Gasteiger partial charge in [0.15, 0.2) is 5.69 Å². The van der Waals surface area contributed by atoms with Crippen molar-refractivity contribution < 1.29 is 0 Å². The Morgan fingerprint density at radius 1 is 0.852 bits per heavy atom. The first kappa shape index (κ1) is 16.9. The van der Waals surface area contributed by atoms with E-state index in [0.29, 0.717) is 10.9 Å². The Morgan fingerprint density at radius 2 is 1.56 bits per heavy atom. The fourth-order valence-electron chi connectivity index (χ4n) is 3.42. The van der Waals surface area contributed by atoms with Crippen molar-refractivity contribution in [2.24, 2.45) is 4.99 Å². The zero-order valence-electron chi connectivity index (χ0n) is 15.2. The Labute approximate surface area is 160 Å². The second kappa shape index (κ2) is 6.96. The minimum atomic E-state index is 0.439. The van der Waals surface area contributed by atoms with E-state index in [1.165, 1.54) is 0 Å². The van der Waals surface area contributed by atoms with Crippen molar-refractivity contribution in [1.82, 2.24) is 4.48 Å². The summed E-state index contributed by atoms with van der Waals surface area (Å²) in [6, 6.07) is 26.5. The van der Waals surface area contributed by atoms with Crippen molar-refractivity contribution in [3.8, 4) is 24.2 Å². The van der Waals surface area contributed by atoms with Crippen molar-refractivity contribution >= 4 is 22.9 Å². The molecule has 2 heteroatoms. The lowest BCUT2D eigenvalue weighted by molar-refractivity contribution is 0.690. The van der Waals surface area contributed by atoms with Gasteiger partial charge >= 0.3 is 0 Å². The summed E-state index contributed by atoms with van der Waals surface area (Å²) in [6.45, 7) is 0. The number of benzene rings is 3. The average molecular weight is 347 g/mol. The van der Waals surface area contributed by atoms with Gasteiger partial charge in [-0.1, -0.05) is 54.5 Å². The number of hydrogen-bond donors (Lipinski definition) is 0. The first-order valence-electron chi connectivity index (χ1n) is 8.88. The molecule has 3 aromatic carbocycles. The van der Waals surface area contributed by atoms with Crippen LogP contribution >= 0.6 is 0 Å². The largest absolute Gasteiger partial charge is 0.292 e.